The van der Waals surface area contributed by atoms with Crippen LogP contribution >= 0.6 is 0 Å². The third-order valence-corrected chi connectivity index (χ3v) is 8.61. The molecule has 270 valence electrons. The van der Waals surface area contributed by atoms with Gasteiger partial charge in [0.15, 0.2) is 6.10 Å². The summed E-state index contributed by atoms with van der Waals surface area (Å²) in [5.41, 5.74) is 3.69. The molecule has 0 bridgehead atoms. The van der Waals surface area contributed by atoms with Crippen molar-refractivity contribution in [3.63, 3.8) is 0 Å². The highest BCUT2D eigenvalue weighted by atomic mass is 32.2. The van der Waals surface area contributed by atoms with Crippen molar-refractivity contribution in [2.24, 2.45) is 0 Å². The van der Waals surface area contributed by atoms with Crippen molar-refractivity contribution in [3.8, 4) is 0 Å². The zero-order valence-electron chi connectivity index (χ0n) is 26.1. The maximum Gasteiger partial charge on any atom is 0.351 e. The van der Waals surface area contributed by atoms with Gasteiger partial charge in [-0.05, 0) is 31.9 Å². The van der Waals surface area contributed by atoms with Crippen LogP contribution in [0.25, 0.3) is 0 Å². The van der Waals surface area contributed by atoms with Crippen LogP contribution in [0.4, 0.5) is 28.2 Å². The Hall–Kier alpha value is -3.70. The fourth-order valence-corrected chi connectivity index (χ4v) is 5.70. The van der Waals surface area contributed by atoms with Crippen LogP contribution in [0.1, 0.15) is 44.8 Å². The van der Waals surface area contributed by atoms with Gasteiger partial charge < -0.3 is 36.1 Å². The number of alkyl halides is 4. The predicted molar refractivity (Wildman–Crippen MR) is 160 cm³/mol. The first-order chi connectivity index (χ1) is 22.3. The lowest BCUT2D eigenvalue weighted by atomic mass is 10.1. The number of carbonyl (C=O) groups is 1. The fourth-order valence-electron chi connectivity index (χ4n) is 4.60. The molecule has 2 aromatic heterocycles. The van der Waals surface area contributed by atoms with Crippen LogP contribution in [0.3, 0.4) is 0 Å². The predicted octanol–water partition coefficient (Wildman–Crippen LogP) is -0.797. The van der Waals surface area contributed by atoms with Gasteiger partial charge in [0.05, 0.1) is 5.75 Å². The number of halogens is 4. The smallest absolute Gasteiger partial charge is 0.351 e. The second-order valence-electron chi connectivity index (χ2n) is 10.9. The minimum Gasteiger partial charge on any atom is -0.384 e. The van der Waals surface area contributed by atoms with E-state index in [1.807, 2.05) is 6.92 Å². The van der Waals surface area contributed by atoms with Crippen LogP contribution in [-0.2, 0) is 19.5 Å². The van der Waals surface area contributed by atoms with Crippen LogP contribution in [0.5, 0.6) is 0 Å². The van der Waals surface area contributed by atoms with Crippen LogP contribution in [0.15, 0.2) is 34.1 Å². The number of hydrogen-bond donors (Lipinski definition) is 6. The zero-order valence-corrected chi connectivity index (χ0v) is 26.9. The molecule has 6 atom stereocenters. The van der Waals surface area contributed by atoms with Gasteiger partial charge in [-0.15, -0.1) is 0 Å². The van der Waals surface area contributed by atoms with Crippen molar-refractivity contribution < 1.29 is 50.5 Å². The standard InChI is InChI=1S/C13H19F2N5O4.C13H19F2N3O5S/c1-2-4-17-11(22)18-6-7-9(21)13(14,15)10(24-7)20-5-3-8(16)19-12(20)23;1-3-6-24(21,22)16-7-9-10(19)13(14,15)11(23-9)18-5-4-8(2)17-12(18)20/h3,5,7,9-10,21H,2,4,6H2,1H3,(H2,16,19,23)(H2,17,18,22);4-5,9-11,16,19H,3,6-7H2,1-2H3/t7-,9-,10-;9-,10-,11-/m11/s1. The number of aliphatic hydroxyl groups excluding tert-OH is 2. The monoisotopic (exact) mass is 714 g/mol. The summed E-state index contributed by atoms with van der Waals surface area (Å²) in [6.07, 6.45) is -8.27. The normalized spacial score (nSPS) is 26.0. The Morgan fingerprint density at radius 2 is 1.44 bits per heavy atom. The lowest BCUT2D eigenvalue weighted by molar-refractivity contribution is -0.140. The molecule has 0 saturated carbocycles. The largest absolute Gasteiger partial charge is 0.384 e. The number of nitrogens with zero attached hydrogens (tertiary/aromatic N) is 4. The molecule has 0 aliphatic carbocycles. The molecule has 2 aliphatic rings. The van der Waals surface area contributed by atoms with Crippen LogP contribution in [-0.4, -0.2) is 105 Å². The number of aliphatic hydroxyl groups is 2. The first-order valence-corrected chi connectivity index (χ1v) is 16.3. The summed E-state index contributed by atoms with van der Waals surface area (Å²) in [6, 6.07) is 1.95. The van der Waals surface area contributed by atoms with E-state index in [1.54, 1.807) is 6.92 Å². The summed E-state index contributed by atoms with van der Waals surface area (Å²) in [4.78, 5) is 41.8. The van der Waals surface area contributed by atoms with E-state index in [0.29, 0.717) is 34.2 Å². The number of aromatic nitrogens is 4. The van der Waals surface area contributed by atoms with E-state index in [-0.39, 0.29) is 18.1 Å². The molecule has 2 amide bonds. The van der Waals surface area contributed by atoms with Crippen LogP contribution < -0.4 is 32.5 Å². The van der Waals surface area contributed by atoms with Gasteiger partial charge in [0.2, 0.25) is 22.5 Å². The maximum atomic E-state index is 14.2. The van der Waals surface area contributed by atoms with Crippen LogP contribution in [0.2, 0.25) is 0 Å². The van der Waals surface area contributed by atoms with E-state index < -0.39 is 82.7 Å². The summed E-state index contributed by atoms with van der Waals surface area (Å²) in [5, 5.41) is 24.4. The van der Waals surface area contributed by atoms with Crippen molar-refractivity contribution >= 4 is 21.9 Å². The quantitative estimate of drug-likeness (QED) is 0.157. The Morgan fingerprint density at radius 3 is 1.94 bits per heavy atom. The van der Waals surface area contributed by atoms with E-state index in [4.69, 9.17) is 15.2 Å². The van der Waals surface area contributed by atoms with Gasteiger partial charge >= 0.3 is 29.3 Å². The second kappa shape index (κ2) is 15.7. The van der Waals surface area contributed by atoms with Crippen molar-refractivity contribution in [2.45, 2.75) is 82.3 Å². The number of carbonyl (C=O) groups excluding carboxylic acids is 1. The number of nitrogen functional groups attached to an aromatic ring is 1. The fraction of sp³-hybridized carbons (Fsp3) is 0.654. The maximum absolute atomic E-state index is 14.2. The Morgan fingerprint density at radius 1 is 0.917 bits per heavy atom. The molecule has 22 heteroatoms. The Kier molecular flexibility index (Phi) is 12.7. The molecule has 4 rings (SSSR count). The zero-order chi connectivity index (χ0) is 36.0. The van der Waals surface area contributed by atoms with Gasteiger partial charge in [-0.1, -0.05) is 13.8 Å². The Bertz CT molecular complexity index is 1650. The summed E-state index contributed by atoms with van der Waals surface area (Å²) >= 11 is 0. The molecular weight excluding hydrogens is 676 g/mol. The van der Waals surface area contributed by atoms with Crippen molar-refractivity contribution in [1.82, 2.24) is 34.5 Å². The SMILES string of the molecule is CCCNC(=O)NC[C@H]1O[C@@H](n2ccc(N)nc2=O)C(F)(F)[C@@H]1O.CCCS(=O)(=O)NC[C@H]1O[C@@H](n2ccc(C)nc2=O)C(F)(F)[C@@H]1O. The number of anilines is 1. The van der Waals surface area contributed by atoms with Crippen LogP contribution in [0, 0.1) is 6.92 Å². The van der Waals surface area contributed by atoms with Crippen molar-refractivity contribution in [1.29, 1.82) is 0 Å². The molecule has 2 aliphatic heterocycles. The van der Waals surface area contributed by atoms with E-state index in [0.717, 1.165) is 18.5 Å². The number of amides is 2. The molecule has 0 spiro atoms. The number of nitrogens with two attached hydrogens (primary N) is 1. The van der Waals surface area contributed by atoms with Crippen molar-refractivity contribution in [3.05, 3.63) is 51.2 Å². The molecule has 2 aromatic rings. The number of urea groups is 1. The molecule has 7 N–H and O–H groups in total. The number of sulfonamides is 1. The van der Waals surface area contributed by atoms with Gasteiger partial charge in [0.25, 0.3) is 0 Å². The summed E-state index contributed by atoms with van der Waals surface area (Å²) < 4.78 is 93.5. The minimum absolute atomic E-state index is 0.121. The average Bonchev–Trinajstić information content (AvgIpc) is 3.36. The number of rotatable bonds is 11. The Labute approximate surface area is 271 Å². The molecule has 0 unspecified atom stereocenters. The lowest BCUT2D eigenvalue weighted by Crippen LogP contribution is -2.45. The second-order valence-corrected chi connectivity index (χ2v) is 12.8. The molecule has 0 radical (unpaired) electrons. The third-order valence-electron chi connectivity index (χ3n) is 7.06. The summed E-state index contributed by atoms with van der Waals surface area (Å²) in [6.45, 7) is 4.59. The van der Waals surface area contributed by atoms with Gasteiger partial charge in [0.1, 0.15) is 24.1 Å². The molecule has 2 fully saturated rings. The molecule has 48 heavy (non-hydrogen) atoms. The number of hydrogen-bond acceptors (Lipinski definition) is 12. The summed E-state index contributed by atoms with van der Waals surface area (Å²) in [5.74, 6) is -7.81. The summed E-state index contributed by atoms with van der Waals surface area (Å²) in [7, 11) is -3.64. The van der Waals surface area contributed by atoms with Crippen molar-refractivity contribution in [2.75, 3.05) is 31.1 Å². The number of nitrogens with one attached hydrogen (secondary N) is 3. The topological polar surface area (TPSA) is 242 Å². The number of aryl methyl sites for hydroxylation is 1. The van der Waals surface area contributed by atoms with Gasteiger partial charge in [-0.3, -0.25) is 9.13 Å². The molecule has 0 aromatic carbocycles. The minimum atomic E-state index is -3.78. The highest BCUT2D eigenvalue weighted by Gasteiger charge is 2.60. The van der Waals surface area contributed by atoms with E-state index in [9.17, 15) is 50.6 Å². The van der Waals surface area contributed by atoms with E-state index in [1.165, 1.54) is 13.0 Å². The van der Waals surface area contributed by atoms with Gasteiger partial charge in [0, 0.05) is 37.7 Å². The number of ether oxygens (including phenoxy) is 2. The van der Waals surface area contributed by atoms with E-state index >= 15 is 0 Å². The molecular formula is C26H38F4N8O9S. The van der Waals surface area contributed by atoms with Gasteiger partial charge in [-0.25, -0.2) is 27.5 Å². The first-order valence-electron chi connectivity index (χ1n) is 14.7. The average molecular weight is 715 g/mol. The Balaban J connectivity index is 0.000000260. The lowest BCUT2D eigenvalue weighted by Gasteiger charge is -2.20. The highest BCUT2D eigenvalue weighted by Crippen LogP contribution is 2.43. The van der Waals surface area contributed by atoms with Gasteiger partial charge in [-0.2, -0.15) is 27.5 Å². The molecule has 2 saturated heterocycles. The third kappa shape index (κ3) is 9.05. The molecule has 17 nitrogen and oxygen atoms in total. The molecule has 4 heterocycles. The highest BCUT2D eigenvalue weighted by molar-refractivity contribution is 7.89. The van der Waals surface area contributed by atoms with E-state index in [2.05, 4.69) is 25.3 Å². The first kappa shape index (κ1) is 38.7.